The zero-order chi connectivity index (χ0) is 5.40. The van der Waals surface area contributed by atoms with Crippen LogP contribution in [-0.2, 0) is 0 Å². The van der Waals surface area contributed by atoms with Crippen LogP contribution in [0.5, 0.6) is 0 Å². The zero-order valence-electron chi connectivity index (χ0n) is 4.72. The van der Waals surface area contributed by atoms with Crippen molar-refractivity contribution in [3.8, 4) is 6.07 Å². The lowest BCUT2D eigenvalue weighted by Crippen LogP contribution is -2.42. The number of nitrogens with one attached hydrogen (secondary N) is 1. The molecular weight excluding hydrogens is 100 g/mol. The van der Waals surface area contributed by atoms with E-state index in [1.165, 1.54) is 12.8 Å². The van der Waals surface area contributed by atoms with Crippen LogP contribution < -0.4 is 5.32 Å². The summed E-state index contributed by atoms with van der Waals surface area (Å²) in [6.07, 6.45) is 2.51. The Morgan fingerprint density at radius 3 is 2.62 bits per heavy atom. The molecule has 3 heterocycles. The van der Waals surface area contributed by atoms with Gasteiger partial charge in [-0.05, 0) is 6.42 Å². The summed E-state index contributed by atoms with van der Waals surface area (Å²) in [7, 11) is 0. The minimum atomic E-state index is 0.486. The second-order valence-electron chi connectivity index (χ2n) is 2.45. The molecule has 0 aromatic heterocycles. The summed E-state index contributed by atoms with van der Waals surface area (Å²) in [4.78, 5) is 4.19. The number of hydrogen-bond donors (Lipinski definition) is 1. The van der Waals surface area contributed by atoms with Gasteiger partial charge >= 0.3 is 0 Å². The molecule has 0 amide bonds. The predicted octanol–water partition coefficient (Wildman–Crippen LogP) is 0.453. The fourth-order valence-corrected chi connectivity index (χ4v) is 1.26. The van der Waals surface area contributed by atoms with Crippen molar-refractivity contribution in [2.45, 2.75) is 24.9 Å². The van der Waals surface area contributed by atoms with Crippen LogP contribution in [-0.4, -0.2) is 18.6 Å². The lowest BCUT2D eigenvalue weighted by Gasteiger charge is -2.17. The second-order valence-corrected chi connectivity index (χ2v) is 2.45. The van der Waals surface area contributed by atoms with E-state index in [1.807, 2.05) is 0 Å². The van der Waals surface area contributed by atoms with E-state index < -0.39 is 0 Å². The standard InChI is InChI=1S/C6H9N2/c1-2-6-4-7-5(1)3-8-6/h5-6,8H,1-3H2/q+1. The highest BCUT2D eigenvalue weighted by atomic mass is 15.0. The lowest BCUT2D eigenvalue weighted by molar-refractivity contribution is 0.427. The van der Waals surface area contributed by atoms with Gasteiger partial charge in [0, 0.05) is 6.42 Å². The van der Waals surface area contributed by atoms with Crippen LogP contribution in [0.3, 0.4) is 0 Å². The Morgan fingerprint density at radius 1 is 1.50 bits per heavy atom. The first-order chi connectivity index (χ1) is 3.95. The highest BCUT2D eigenvalue weighted by molar-refractivity contribution is 5.12. The number of hydrogen-bond acceptors (Lipinski definition) is 1. The van der Waals surface area contributed by atoms with E-state index >= 15 is 0 Å². The highest BCUT2D eigenvalue weighted by Crippen LogP contribution is 2.15. The summed E-state index contributed by atoms with van der Waals surface area (Å²) in [5.74, 6) is 0. The molecule has 1 saturated heterocycles. The molecule has 2 atom stereocenters. The van der Waals surface area contributed by atoms with Crippen molar-refractivity contribution < 1.29 is 0 Å². The smallest absolute Gasteiger partial charge is 0.291 e. The Hall–Kier alpha value is -0.550. The van der Waals surface area contributed by atoms with Gasteiger partial charge in [0.1, 0.15) is 6.04 Å². The third-order valence-corrected chi connectivity index (χ3v) is 1.80. The van der Waals surface area contributed by atoms with Crippen LogP contribution in [0.1, 0.15) is 12.8 Å². The fourth-order valence-electron chi connectivity index (χ4n) is 1.26. The van der Waals surface area contributed by atoms with Crippen LogP contribution in [0.25, 0.3) is 4.85 Å². The molecule has 1 fully saturated rings. The Bertz CT molecular complexity index is 130. The van der Waals surface area contributed by atoms with Gasteiger partial charge in [-0.1, -0.05) is 4.85 Å². The van der Waals surface area contributed by atoms with Crippen molar-refractivity contribution in [3.63, 3.8) is 0 Å². The van der Waals surface area contributed by atoms with Gasteiger partial charge in [-0.15, -0.1) is 0 Å². The SMILES string of the molecule is C1#[N+]C2CCC1NC2. The van der Waals surface area contributed by atoms with E-state index in [2.05, 4.69) is 16.2 Å². The molecule has 2 heteroatoms. The Labute approximate surface area is 48.7 Å². The third kappa shape index (κ3) is 0.517. The van der Waals surface area contributed by atoms with Crippen LogP contribution in [0.15, 0.2) is 0 Å². The Kier molecular flexibility index (Phi) is 0.793. The maximum absolute atomic E-state index is 4.19. The van der Waals surface area contributed by atoms with E-state index in [9.17, 15) is 0 Å². The number of rotatable bonds is 0. The summed E-state index contributed by atoms with van der Waals surface area (Å²) >= 11 is 0. The maximum Gasteiger partial charge on any atom is 0.292 e. The van der Waals surface area contributed by atoms with Crippen molar-refractivity contribution in [1.29, 1.82) is 0 Å². The van der Waals surface area contributed by atoms with Gasteiger partial charge in [-0.3, -0.25) is 5.32 Å². The lowest BCUT2D eigenvalue weighted by atomic mass is 10.00. The average molecular weight is 109 g/mol. The zero-order valence-corrected chi connectivity index (χ0v) is 4.72. The molecule has 3 aliphatic rings. The van der Waals surface area contributed by atoms with Crippen LogP contribution in [0.4, 0.5) is 0 Å². The molecule has 8 heavy (non-hydrogen) atoms. The number of nitrogens with zero attached hydrogens (tertiary/aromatic N) is 1. The van der Waals surface area contributed by atoms with E-state index in [0.717, 1.165) is 6.54 Å². The molecule has 2 nitrogen and oxygen atoms in total. The summed E-state index contributed by atoms with van der Waals surface area (Å²) < 4.78 is 0. The minimum Gasteiger partial charge on any atom is -0.291 e. The average Bonchev–Trinajstić information content (AvgIpc) is 1.92. The first kappa shape index (κ1) is 4.34. The summed E-state index contributed by atoms with van der Waals surface area (Å²) in [6, 6.07) is 4.07. The van der Waals surface area contributed by atoms with Crippen LogP contribution in [0.2, 0.25) is 0 Å². The monoisotopic (exact) mass is 109 g/mol. The van der Waals surface area contributed by atoms with Crippen LogP contribution in [0, 0.1) is 6.07 Å². The van der Waals surface area contributed by atoms with Gasteiger partial charge in [0.05, 0.1) is 6.54 Å². The predicted molar refractivity (Wildman–Crippen MR) is 32.1 cm³/mol. The molecule has 0 saturated carbocycles. The molecule has 0 spiro atoms. The molecular formula is C6H9N2+. The number of piperidine rings is 1. The molecule has 2 bridgehead atoms. The van der Waals surface area contributed by atoms with Crippen molar-refractivity contribution in [3.05, 3.63) is 4.85 Å². The first-order valence-electron chi connectivity index (χ1n) is 3.14. The molecule has 1 N–H and O–H groups in total. The molecule has 0 aromatic rings. The number of fused-ring (bicyclic) bond motifs is 2. The summed E-state index contributed by atoms with van der Waals surface area (Å²) in [5, 5.41) is 3.31. The van der Waals surface area contributed by atoms with E-state index in [1.54, 1.807) is 0 Å². The van der Waals surface area contributed by atoms with E-state index in [-0.39, 0.29) is 0 Å². The molecule has 3 aliphatic heterocycles. The van der Waals surface area contributed by atoms with E-state index in [4.69, 9.17) is 0 Å². The van der Waals surface area contributed by atoms with Crippen molar-refractivity contribution in [2.24, 2.45) is 0 Å². The van der Waals surface area contributed by atoms with Crippen LogP contribution >= 0.6 is 0 Å². The quantitative estimate of drug-likeness (QED) is 0.478. The molecule has 3 rings (SSSR count). The van der Waals surface area contributed by atoms with Gasteiger partial charge < -0.3 is 0 Å². The van der Waals surface area contributed by atoms with Gasteiger partial charge in [0.2, 0.25) is 0 Å². The third-order valence-electron chi connectivity index (χ3n) is 1.80. The Morgan fingerprint density at radius 2 is 2.50 bits per heavy atom. The summed E-state index contributed by atoms with van der Waals surface area (Å²) in [5.41, 5.74) is 0. The second kappa shape index (κ2) is 1.46. The topological polar surface area (TPSA) is 16.4 Å². The van der Waals surface area contributed by atoms with Gasteiger partial charge in [-0.2, -0.15) is 0 Å². The molecule has 0 radical (unpaired) electrons. The largest absolute Gasteiger partial charge is 0.292 e. The van der Waals surface area contributed by atoms with Crippen molar-refractivity contribution in [1.82, 2.24) is 5.32 Å². The van der Waals surface area contributed by atoms with Crippen molar-refractivity contribution >= 4 is 0 Å². The molecule has 42 valence electrons. The molecule has 2 unspecified atom stereocenters. The van der Waals surface area contributed by atoms with Crippen molar-refractivity contribution in [2.75, 3.05) is 6.54 Å². The Balaban J connectivity index is 2.27. The molecule has 0 aliphatic carbocycles. The molecule has 0 aromatic carbocycles. The normalized spacial score (nSPS) is 41.0. The van der Waals surface area contributed by atoms with Gasteiger partial charge in [0.15, 0.2) is 0 Å². The summed E-state index contributed by atoms with van der Waals surface area (Å²) in [6.45, 7) is 1.08. The maximum atomic E-state index is 4.19. The van der Waals surface area contributed by atoms with Gasteiger partial charge in [-0.25, -0.2) is 0 Å². The highest BCUT2D eigenvalue weighted by Gasteiger charge is 2.32. The first-order valence-corrected chi connectivity index (χ1v) is 3.14. The fraction of sp³-hybridized carbons (Fsp3) is 0.833. The van der Waals surface area contributed by atoms with E-state index in [0.29, 0.717) is 12.1 Å². The minimum absolute atomic E-state index is 0.486. The van der Waals surface area contributed by atoms with Gasteiger partial charge in [0.25, 0.3) is 12.1 Å².